The summed E-state index contributed by atoms with van der Waals surface area (Å²) in [5.74, 6) is 0.149. The summed E-state index contributed by atoms with van der Waals surface area (Å²) in [5, 5.41) is 4.53. The average molecular weight is 239 g/mol. The van der Waals surface area contributed by atoms with Crippen molar-refractivity contribution in [2.75, 3.05) is 12.4 Å². The first-order chi connectivity index (χ1) is 7.63. The Hall–Kier alpha value is -1.36. The van der Waals surface area contributed by atoms with Crippen molar-refractivity contribution in [3.63, 3.8) is 0 Å². The SMILES string of the molecule is COC(=O)c1sccc1NC(=O)C1CC1C. The van der Waals surface area contributed by atoms with E-state index in [1.54, 1.807) is 11.4 Å². The lowest BCUT2D eigenvalue weighted by atomic mass is 10.3. The molecule has 1 heterocycles. The Morgan fingerprint density at radius 1 is 1.56 bits per heavy atom. The van der Waals surface area contributed by atoms with Gasteiger partial charge >= 0.3 is 5.97 Å². The van der Waals surface area contributed by atoms with Crippen LogP contribution in [0.1, 0.15) is 23.0 Å². The maximum atomic E-state index is 11.7. The molecular weight excluding hydrogens is 226 g/mol. The Balaban J connectivity index is 2.07. The van der Waals surface area contributed by atoms with Gasteiger partial charge in [-0.05, 0) is 23.8 Å². The lowest BCUT2D eigenvalue weighted by Gasteiger charge is -2.04. The summed E-state index contributed by atoms with van der Waals surface area (Å²) in [5.41, 5.74) is 0.556. The van der Waals surface area contributed by atoms with Gasteiger partial charge in [0.05, 0.1) is 12.8 Å². The van der Waals surface area contributed by atoms with Gasteiger partial charge in [0.25, 0.3) is 0 Å². The first-order valence-corrected chi connectivity index (χ1v) is 5.98. The third-order valence-electron chi connectivity index (χ3n) is 2.74. The first-order valence-electron chi connectivity index (χ1n) is 5.10. The number of amides is 1. The molecule has 0 radical (unpaired) electrons. The van der Waals surface area contributed by atoms with Gasteiger partial charge in [0, 0.05) is 5.92 Å². The molecule has 1 amide bonds. The number of hydrogen-bond donors (Lipinski definition) is 1. The number of esters is 1. The number of anilines is 1. The predicted molar refractivity (Wildman–Crippen MR) is 61.6 cm³/mol. The zero-order valence-corrected chi connectivity index (χ0v) is 9.97. The van der Waals surface area contributed by atoms with Gasteiger partial charge in [0.2, 0.25) is 5.91 Å². The van der Waals surface area contributed by atoms with Crippen LogP contribution < -0.4 is 5.32 Å². The highest BCUT2D eigenvalue weighted by Gasteiger charge is 2.39. The Kier molecular flexibility index (Phi) is 2.96. The average Bonchev–Trinajstić information content (AvgIpc) is 2.83. The Morgan fingerprint density at radius 3 is 2.81 bits per heavy atom. The van der Waals surface area contributed by atoms with Crippen LogP contribution in [0.15, 0.2) is 11.4 Å². The van der Waals surface area contributed by atoms with Crippen LogP contribution >= 0.6 is 11.3 Å². The largest absolute Gasteiger partial charge is 0.465 e. The van der Waals surface area contributed by atoms with E-state index in [4.69, 9.17) is 0 Å². The number of carbonyl (C=O) groups excluding carboxylic acids is 2. The first kappa shape index (κ1) is 11.1. The van der Waals surface area contributed by atoms with Crippen LogP contribution in [0.2, 0.25) is 0 Å². The van der Waals surface area contributed by atoms with Crippen molar-refractivity contribution >= 4 is 28.9 Å². The minimum Gasteiger partial charge on any atom is -0.465 e. The van der Waals surface area contributed by atoms with Crippen LogP contribution in [0.3, 0.4) is 0 Å². The van der Waals surface area contributed by atoms with Crippen molar-refractivity contribution in [1.82, 2.24) is 0 Å². The molecule has 1 aromatic heterocycles. The number of thiophene rings is 1. The molecule has 2 atom stereocenters. The van der Waals surface area contributed by atoms with Crippen molar-refractivity contribution in [3.05, 3.63) is 16.3 Å². The molecule has 1 aliphatic carbocycles. The number of methoxy groups -OCH3 is 1. The van der Waals surface area contributed by atoms with Gasteiger partial charge in [-0.15, -0.1) is 11.3 Å². The van der Waals surface area contributed by atoms with Crippen molar-refractivity contribution in [2.45, 2.75) is 13.3 Å². The molecule has 2 unspecified atom stereocenters. The Labute approximate surface area is 97.6 Å². The molecule has 5 heteroatoms. The van der Waals surface area contributed by atoms with Crippen LogP contribution in [-0.4, -0.2) is 19.0 Å². The summed E-state index contributed by atoms with van der Waals surface area (Å²) in [6, 6.07) is 1.72. The normalized spacial score (nSPS) is 22.6. The number of rotatable bonds is 3. The zero-order valence-electron chi connectivity index (χ0n) is 9.15. The van der Waals surface area contributed by atoms with Gasteiger partial charge in [0.15, 0.2) is 0 Å². The molecule has 0 aromatic carbocycles. The van der Waals surface area contributed by atoms with Crippen molar-refractivity contribution in [1.29, 1.82) is 0 Å². The lowest BCUT2D eigenvalue weighted by molar-refractivity contribution is -0.117. The molecule has 0 spiro atoms. The van der Waals surface area contributed by atoms with Gasteiger partial charge < -0.3 is 10.1 Å². The van der Waals surface area contributed by atoms with E-state index in [-0.39, 0.29) is 11.8 Å². The molecule has 1 saturated carbocycles. The number of ether oxygens (including phenoxy) is 1. The molecule has 4 nitrogen and oxygen atoms in total. The van der Waals surface area contributed by atoms with Crippen molar-refractivity contribution in [3.8, 4) is 0 Å². The fraction of sp³-hybridized carbons (Fsp3) is 0.455. The second-order valence-corrected chi connectivity index (χ2v) is 4.88. The molecule has 1 aliphatic rings. The summed E-state index contributed by atoms with van der Waals surface area (Å²) >= 11 is 1.27. The van der Waals surface area contributed by atoms with Gasteiger partial charge in [-0.25, -0.2) is 4.79 Å². The Bertz CT molecular complexity index is 427. The molecule has 1 N–H and O–H groups in total. The fourth-order valence-electron chi connectivity index (χ4n) is 1.57. The minimum absolute atomic E-state index is 0.00365. The van der Waals surface area contributed by atoms with Gasteiger partial charge in [0.1, 0.15) is 4.88 Å². The highest BCUT2D eigenvalue weighted by molar-refractivity contribution is 7.12. The fourth-order valence-corrected chi connectivity index (χ4v) is 2.34. The molecule has 1 fully saturated rings. The van der Waals surface area contributed by atoms with Crippen molar-refractivity contribution < 1.29 is 14.3 Å². The minimum atomic E-state index is -0.408. The number of carbonyl (C=O) groups is 2. The summed E-state index contributed by atoms with van der Waals surface area (Å²) in [6.07, 6.45) is 0.934. The zero-order chi connectivity index (χ0) is 11.7. The quantitative estimate of drug-likeness (QED) is 0.822. The van der Waals surface area contributed by atoms with E-state index >= 15 is 0 Å². The third-order valence-corrected chi connectivity index (χ3v) is 3.63. The molecule has 86 valence electrons. The summed E-state index contributed by atoms with van der Waals surface area (Å²) in [7, 11) is 1.33. The van der Waals surface area contributed by atoms with Crippen LogP contribution in [0.5, 0.6) is 0 Å². The van der Waals surface area contributed by atoms with Gasteiger partial charge in [-0.3, -0.25) is 4.79 Å². The number of nitrogens with one attached hydrogen (secondary N) is 1. The van der Waals surface area contributed by atoms with Crippen LogP contribution in [0, 0.1) is 11.8 Å². The topological polar surface area (TPSA) is 55.4 Å². The van der Waals surface area contributed by atoms with E-state index in [1.807, 2.05) is 6.92 Å². The van der Waals surface area contributed by atoms with Crippen LogP contribution in [0.4, 0.5) is 5.69 Å². The van der Waals surface area contributed by atoms with Gasteiger partial charge in [-0.1, -0.05) is 6.92 Å². The maximum absolute atomic E-state index is 11.7. The summed E-state index contributed by atoms with van der Waals surface area (Å²) in [4.78, 5) is 23.5. The monoisotopic (exact) mass is 239 g/mol. The lowest BCUT2D eigenvalue weighted by Crippen LogP contribution is -2.16. The van der Waals surface area contributed by atoms with E-state index in [0.29, 0.717) is 16.5 Å². The molecule has 16 heavy (non-hydrogen) atoms. The standard InChI is InChI=1S/C11H13NO3S/c1-6-5-7(6)10(13)12-8-3-4-16-9(8)11(14)15-2/h3-4,6-7H,5H2,1-2H3,(H,12,13). The highest BCUT2D eigenvalue weighted by atomic mass is 32.1. The molecule has 0 bridgehead atoms. The third kappa shape index (κ3) is 2.09. The Morgan fingerprint density at radius 2 is 2.25 bits per heavy atom. The highest BCUT2D eigenvalue weighted by Crippen LogP contribution is 2.39. The van der Waals surface area contributed by atoms with E-state index in [2.05, 4.69) is 10.1 Å². The second kappa shape index (κ2) is 4.25. The predicted octanol–water partition coefficient (Wildman–Crippen LogP) is 2.13. The van der Waals surface area contributed by atoms with E-state index in [1.165, 1.54) is 18.4 Å². The molecule has 1 aromatic rings. The molecule has 0 saturated heterocycles. The van der Waals surface area contributed by atoms with Crippen LogP contribution in [0.25, 0.3) is 0 Å². The van der Waals surface area contributed by atoms with Crippen molar-refractivity contribution in [2.24, 2.45) is 11.8 Å². The smallest absolute Gasteiger partial charge is 0.350 e. The summed E-state index contributed by atoms with van der Waals surface area (Å²) in [6.45, 7) is 2.04. The van der Waals surface area contributed by atoms with E-state index < -0.39 is 5.97 Å². The number of hydrogen-bond acceptors (Lipinski definition) is 4. The second-order valence-electron chi connectivity index (χ2n) is 3.96. The maximum Gasteiger partial charge on any atom is 0.350 e. The van der Waals surface area contributed by atoms with Gasteiger partial charge in [-0.2, -0.15) is 0 Å². The summed E-state index contributed by atoms with van der Waals surface area (Å²) < 4.78 is 4.63. The molecule has 0 aliphatic heterocycles. The molecular formula is C11H13NO3S. The van der Waals surface area contributed by atoms with E-state index in [9.17, 15) is 9.59 Å². The molecule has 2 rings (SSSR count). The van der Waals surface area contributed by atoms with Crippen LogP contribution in [-0.2, 0) is 9.53 Å². The van der Waals surface area contributed by atoms with E-state index in [0.717, 1.165) is 6.42 Å².